The molecular weight excluding hydrogens is 514 g/mol. The molecule has 5 rings (SSSR count). The van der Waals surface area contributed by atoms with Crippen LogP contribution in [0.1, 0.15) is 32.4 Å². The van der Waals surface area contributed by atoms with Crippen LogP contribution in [0.2, 0.25) is 0 Å². The molecule has 40 heavy (non-hydrogen) atoms. The summed E-state index contributed by atoms with van der Waals surface area (Å²) in [4.78, 5) is 31.0. The van der Waals surface area contributed by atoms with Gasteiger partial charge < -0.3 is 24.3 Å². The third-order valence-electron chi connectivity index (χ3n) is 6.24. The molecule has 1 aliphatic heterocycles. The van der Waals surface area contributed by atoms with Gasteiger partial charge in [0, 0.05) is 22.9 Å². The number of carbonyl (C=O) groups is 2. The average Bonchev–Trinajstić information content (AvgIpc) is 3.56. The van der Waals surface area contributed by atoms with Gasteiger partial charge >= 0.3 is 0 Å². The molecule has 0 fully saturated rings. The van der Waals surface area contributed by atoms with E-state index < -0.39 is 23.4 Å². The Kier molecular flexibility index (Phi) is 7.20. The van der Waals surface area contributed by atoms with Crippen LogP contribution in [0.4, 0.5) is 5.69 Å². The third kappa shape index (κ3) is 5.49. The Morgan fingerprint density at radius 3 is 2.33 bits per heavy atom. The molecule has 1 aromatic heterocycles. The Bertz CT molecular complexity index is 1530. The first-order valence-corrected chi connectivity index (χ1v) is 12.7. The van der Waals surface area contributed by atoms with Crippen LogP contribution in [0.15, 0.2) is 60.7 Å². The Morgan fingerprint density at radius 2 is 1.68 bits per heavy atom. The lowest BCUT2D eigenvalue weighted by Crippen LogP contribution is -2.50. The normalized spacial score (nSPS) is 13.1. The fourth-order valence-corrected chi connectivity index (χ4v) is 4.53. The first-order valence-electron chi connectivity index (χ1n) is 12.7. The van der Waals surface area contributed by atoms with Gasteiger partial charge in [0.25, 0.3) is 5.91 Å². The predicted molar refractivity (Wildman–Crippen MR) is 148 cm³/mol. The van der Waals surface area contributed by atoms with Crippen LogP contribution in [0.3, 0.4) is 0 Å². The van der Waals surface area contributed by atoms with Gasteiger partial charge in [-0.05, 0) is 63.2 Å². The topological polar surface area (TPSA) is 117 Å². The van der Waals surface area contributed by atoms with Crippen molar-refractivity contribution < 1.29 is 28.5 Å². The number of aromatic nitrogens is 3. The molecule has 0 spiro atoms. The van der Waals surface area contributed by atoms with Crippen LogP contribution in [-0.2, 0) is 16.1 Å². The highest BCUT2D eigenvalue weighted by molar-refractivity contribution is 6.02. The van der Waals surface area contributed by atoms with Gasteiger partial charge in [0.1, 0.15) is 35.1 Å². The third-order valence-corrected chi connectivity index (χ3v) is 6.24. The number of amides is 2. The number of nitrogens with one attached hydrogen (secondary N) is 1. The minimum absolute atomic E-state index is 0.0637. The number of ether oxygens (including phenoxy) is 4. The quantitative estimate of drug-likeness (QED) is 0.355. The first-order chi connectivity index (χ1) is 19.2. The van der Waals surface area contributed by atoms with Gasteiger partial charge in [0.2, 0.25) is 12.7 Å². The molecule has 1 atom stereocenters. The second-order valence-corrected chi connectivity index (χ2v) is 10.3. The average molecular weight is 546 g/mol. The van der Waals surface area contributed by atoms with E-state index in [1.54, 1.807) is 36.4 Å². The molecule has 0 radical (unpaired) electrons. The number of hydrogen-bond acceptors (Lipinski definition) is 8. The molecule has 1 N–H and O–H groups in total. The van der Waals surface area contributed by atoms with Gasteiger partial charge in [-0.2, -0.15) is 15.0 Å². The van der Waals surface area contributed by atoms with Crippen molar-refractivity contribution in [1.29, 1.82) is 0 Å². The van der Waals surface area contributed by atoms with E-state index in [-0.39, 0.29) is 13.3 Å². The lowest BCUT2D eigenvalue weighted by Gasteiger charge is -2.34. The first kappa shape index (κ1) is 26.8. The summed E-state index contributed by atoms with van der Waals surface area (Å²) < 4.78 is 22.2. The van der Waals surface area contributed by atoms with Crippen molar-refractivity contribution in [2.75, 3.05) is 25.9 Å². The van der Waals surface area contributed by atoms with Crippen LogP contribution in [0.25, 0.3) is 11.0 Å². The van der Waals surface area contributed by atoms with Crippen LogP contribution in [0.5, 0.6) is 23.0 Å². The summed E-state index contributed by atoms with van der Waals surface area (Å²) in [5.74, 6) is 1.08. The van der Waals surface area contributed by atoms with Gasteiger partial charge in [-0.25, -0.2) is 0 Å². The summed E-state index contributed by atoms with van der Waals surface area (Å²) in [6.45, 7) is 5.45. The van der Waals surface area contributed by atoms with Crippen molar-refractivity contribution in [3.8, 4) is 23.0 Å². The molecule has 11 nitrogen and oxygen atoms in total. The van der Waals surface area contributed by atoms with Gasteiger partial charge in [0.15, 0.2) is 11.5 Å². The van der Waals surface area contributed by atoms with Crippen LogP contribution >= 0.6 is 0 Å². The van der Waals surface area contributed by atoms with E-state index in [1.807, 2.05) is 45.0 Å². The molecule has 1 unspecified atom stereocenters. The molecule has 0 aliphatic carbocycles. The number of anilines is 1. The van der Waals surface area contributed by atoms with Crippen molar-refractivity contribution >= 4 is 28.5 Å². The van der Waals surface area contributed by atoms with E-state index in [1.165, 1.54) is 23.9 Å². The van der Waals surface area contributed by atoms with E-state index in [0.717, 1.165) is 0 Å². The summed E-state index contributed by atoms with van der Waals surface area (Å²) in [6.07, 6.45) is 0. The molecule has 4 aromatic rings. The smallest absolute Gasteiger partial charge is 0.251 e. The van der Waals surface area contributed by atoms with Crippen molar-refractivity contribution in [1.82, 2.24) is 20.3 Å². The second kappa shape index (κ2) is 10.8. The minimum atomic E-state index is -1.15. The molecule has 2 heterocycles. The summed E-state index contributed by atoms with van der Waals surface area (Å²) in [7, 11) is 3.04. The number of methoxy groups -OCH3 is 2. The number of benzene rings is 3. The van der Waals surface area contributed by atoms with Crippen LogP contribution in [0, 0.1) is 0 Å². The molecule has 11 heteroatoms. The Morgan fingerprint density at radius 1 is 0.975 bits per heavy atom. The van der Waals surface area contributed by atoms with Crippen molar-refractivity contribution in [3.05, 3.63) is 66.2 Å². The molecule has 0 bridgehead atoms. The van der Waals surface area contributed by atoms with E-state index in [4.69, 9.17) is 18.9 Å². The maximum atomic E-state index is 14.2. The van der Waals surface area contributed by atoms with Crippen molar-refractivity contribution in [3.63, 3.8) is 0 Å². The van der Waals surface area contributed by atoms with Crippen LogP contribution in [-0.4, -0.2) is 53.4 Å². The van der Waals surface area contributed by atoms with E-state index in [9.17, 15) is 9.59 Å². The van der Waals surface area contributed by atoms with E-state index in [0.29, 0.717) is 45.3 Å². The molecule has 2 amide bonds. The summed E-state index contributed by atoms with van der Waals surface area (Å²) in [5, 5.41) is 11.9. The highest BCUT2D eigenvalue weighted by atomic mass is 16.7. The SMILES string of the molecule is COc1ccc(OC)c(C(C(=O)NC(C)(C)C)N(C(=O)Cn2nc3ccccc3n2)c2ccc3c(c2)OCO3)c1. The Labute approximate surface area is 231 Å². The monoisotopic (exact) mass is 545 g/mol. The number of hydrogen-bond donors (Lipinski definition) is 1. The largest absolute Gasteiger partial charge is 0.497 e. The molecule has 3 aromatic carbocycles. The van der Waals surface area contributed by atoms with Gasteiger partial charge in [-0.15, -0.1) is 0 Å². The molecule has 1 aliphatic rings. The molecule has 0 saturated heterocycles. The number of carbonyl (C=O) groups excluding carboxylic acids is 2. The zero-order chi connectivity index (χ0) is 28.4. The lowest BCUT2D eigenvalue weighted by molar-refractivity contribution is -0.128. The molecular formula is C29H31N5O6. The molecule has 208 valence electrons. The fourth-order valence-electron chi connectivity index (χ4n) is 4.53. The van der Waals surface area contributed by atoms with E-state index >= 15 is 0 Å². The highest BCUT2D eigenvalue weighted by Crippen LogP contribution is 2.40. The minimum Gasteiger partial charge on any atom is -0.497 e. The number of fused-ring (bicyclic) bond motifs is 2. The van der Waals surface area contributed by atoms with Gasteiger partial charge in [0.05, 0.1) is 14.2 Å². The number of rotatable bonds is 8. The fraction of sp³-hybridized carbons (Fsp3) is 0.310. The Balaban J connectivity index is 1.66. The zero-order valence-electron chi connectivity index (χ0n) is 23.0. The maximum absolute atomic E-state index is 14.2. The molecule has 0 saturated carbocycles. The standard InChI is InChI=1S/C29H31N5O6/c1-29(2,3)30-28(36)27(20-15-19(37-4)11-13-23(20)38-5)34(18-10-12-24-25(14-18)40-17-39-24)26(35)16-33-31-21-8-6-7-9-22(21)32-33/h6-15,27H,16-17H2,1-5H3,(H,30,36). The number of nitrogens with zero attached hydrogens (tertiary/aromatic N) is 4. The van der Waals surface area contributed by atoms with Crippen molar-refractivity contribution in [2.24, 2.45) is 0 Å². The lowest BCUT2D eigenvalue weighted by atomic mass is 9.99. The maximum Gasteiger partial charge on any atom is 0.251 e. The van der Waals surface area contributed by atoms with Crippen molar-refractivity contribution in [2.45, 2.75) is 38.9 Å². The van der Waals surface area contributed by atoms with Gasteiger partial charge in [-0.3, -0.25) is 14.5 Å². The predicted octanol–water partition coefficient (Wildman–Crippen LogP) is 3.87. The van der Waals surface area contributed by atoms with Crippen LogP contribution < -0.4 is 29.2 Å². The van der Waals surface area contributed by atoms with E-state index in [2.05, 4.69) is 15.5 Å². The summed E-state index contributed by atoms with van der Waals surface area (Å²) in [6, 6.07) is 16.4. The highest BCUT2D eigenvalue weighted by Gasteiger charge is 2.37. The summed E-state index contributed by atoms with van der Waals surface area (Å²) in [5.41, 5.74) is 1.58. The Hall–Kier alpha value is -4.80. The second-order valence-electron chi connectivity index (χ2n) is 10.3. The van der Waals surface area contributed by atoms with Gasteiger partial charge in [-0.1, -0.05) is 12.1 Å². The summed E-state index contributed by atoms with van der Waals surface area (Å²) >= 11 is 0. The zero-order valence-corrected chi connectivity index (χ0v) is 23.0.